The van der Waals surface area contributed by atoms with Gasteiger partial charge in [-0.1, -0.05) is 18.2 Å². The molecule has 0 spiro atoms. The summed E-state index contributed by atoms with van der Waals surface area (Å²) in [5.74, 6) is -1.62. The second kappa shape index (κ2) is 8.08. The first kappa shape index (κ1) is 19.8. The van der Waals surface area contributed by atoms with Gasteiger partial charge in [0.1, 0.15) is 11.5 Å². The number of rotatable bonds is 5. The minimum absolute atomic E-state index is 0.221. The van der Waals surface area contributed by atoms with E-state index in [-0.39, 0.29) is 5.91 Å². The normalized spacial score (nSPS) is 18.3. The Morgan fingerprint density at radius 2 is 2.07 bits per heavy atom. The van der Waals surface area contributed by atoms with Crippen LogP contribution in [-0.2, 0) is 9.53 Å². The van der Waals surface area contributed by atoms with E-state index in [1.807, 2.05) is 6.92 Å². The van der Waals surface area contributed by atoms with Crippen LogP contribution in [0.4, 0.5) is 10.1 Å². The Kier molecular flexibility index (Phi) is 5.33. The minimum Gasteiger partial charge on any atom is -0.373 e. The molecule has 7 nitrogen and oxygen atoms in total. The van der Waals surface area contributed by atoms with Crippen LogP contribution in [0.2, 0.25) is 0 Å². The third-order valence-corrected chi connectivity index (χ3v) is 5.24. The first-order valence-electron chi connectivity index (χ1n) is 9.56. The maximum Gasteiger partial charge on any atom is 0.248 e. The van der Waals surface area contributed by atoms with Gasteiger partial charge in [0, 0.05) is 29.6 Å². The van der Waals surface area contributed by atoms with Crippen molar-refractivity contribution >= 4 is 17.5 Å². The maximum absolute atomic E-state index is 14.0. The number of benzene rings is 2. The van der Waals surface area contributed by atoms with Gasteiger partial charge in [-0.3, -0.25) is 9.59 Å². The molecule has 8 heteroatoms. The number of hydrogen-bond donors (Lipinski definition) is 2. The van der Waals surface area contributed by atoms with Gasteiger partial charge in [0.05, 0.1) is 18.2 Å². The van der Waals surface area contributed by atoms with Gasteiger partial charge in [0.2, 0.25) is 11.8 Å². The average Bonchev–Trinajstić information content (AvgIpc) is 3.39. The summed E-state index contributed by atoms with van der Waals surface area (Å²) >= 11 is 0. The Morgan fingerprint density at radius 3 is 2.83 bits per heavy atom. The number of carbonyl (C=O) groups is 2. The van der Waals surface area contributed by atoms with Crippen LogP contribution >= 0.6 is 0 Å². The van der Waals surface area contributed by atoms with Crippen LogP contribution < -0.4 is 11.1 Å². The maximum atomic E-state index is 14.0. The smallest absolute Gasteiger partial charge is 0.248 e. The number of aryl methyl sites for hydroxylation is 1. The summed E-state index contributed by atoms with van der Waals surface area (Å²) in [5.41, 5.74) is 8.02. The number of hydrogen-bond acceptors (Lipinski definition) is 4. The lowest BCUT2D eigenvalue weighted by Crippen LogP contribution is -2.26. The van der Waals surface area contributed by atoms with Crippen molar-refractivity contribution < 1.29 is 18.7 Å². The van der Waals surface area contributed by atoms with E-state index in [2.05, 4.69) is 10.4 Å². The van der Waals surface area contributed by atoms with E-state index >= 15 is 0 Å². The molecule has 1 fully saturated rings. The van der Waals surface area contributed by atoms with Gasteiger partial charge in [0.15, 0.2) is 0 Å². The summed E-state index contributed by atoms with van der Waals surface area (Å²) in [5, 5.41) is 7.11. The Bertz CT molecular complexity index is 1110. The lowest BCUT2D eigenvalue weighted by Gasteiger charge is -2.18. The number of nitrogens with two attached hydrogens (primary N) is 1. The van der Waals surface area contributed by atoms with Gasteiger partial charge in [-0.15, -0.1) is 0 Å². The van der Waals surface area contributed by atoms with Crippen LogP contribution in [0.3, 0.4) is 0 Å². The zero-order valence-corrected chi connectivity index (χ0v) is 16.3. The highest BCUT2D eigenvalue weighted by atomic mass is 19.1. The van der Waals surface area contributed by atoms with Gasteiger partial charge in [-0.25, -0.2) is 9.07 Å². The third-order valence-electron chi connectivity index (χ3n) is 5.24. The van der Waals surface area contributed by atoms with Crippen molar-refractivity contribution in [1.29, 1.82) is 0 Å². The molecule has 1 aromatic heterocycles. The highest BCUT2D eigenvalue weighted by Gasteiger charge is 2.36. The van der Waals surface area contributed by atoms with E-state index in [0.717, 1.165) is 5.56 Å². The summed E-state index contributed by atoms with van der Waals surface area (Å²) in [6.07, 6.45) is 3.30. The molecule has 0 aliphatic carbocycles. The molecular weight excluding hydrogens is 387 g/mol. The third kappa shape index (κ3) is 3.81. The number of primary amides is 1. The summed E-state index contributed by atoms with van der Waals surface area (Å²) in [7, 11) is 0. The molecule has 30 heavy (non-hydrogen) atoms. The quantitative estimate of drug-likeness (QED) is 0.677. The van der Waals surface area contributed by atoms with E-state index in [1.165, 1.54) is 10.7 Å². The first-order valence-corrected chi connectivity index (χ1v) is 9.56. The fraction of sp³-hybridized carbons (Fsp3) is 0.227. The number of ether oxygens (including phenoxy) is 1. The fourth-order valence-electron chi connectivity index (χ4n) is 3.57. The predicted molar refractivity (Wildman–Crippen MR) is 109 cm³/mol. The van der Waals surface area contributed by atoms with Crippen molar-refractivity contribution in [2.45, 2.75) is 19.4 Å². The lowest BCUT2D eigenvalue weighted by atomic mass is 9.96. The highest BCUT2D eigenvalue weighted by Crippen LogP contribution is 2.36. The van der Waals surface area contributed by atoms with E-state index in [9.17, 15) is 14.0 Å². The SMILES string of the molecule is Cc1ccc(C(N)=O)cc1NC(=O)[C@H]1CCO[C@@H]1c1cnn(-c2ccccc2F)c1. The van der Waals surface area contributed by atoms with Crippen LogP contribution in [0, 0.1) is 18.7 Å². The van der Waals surface area contributed by atoms with Gasteiger partial charge in [0.25, 0.3) is 0 Å². The van der Waals surface area contributed by atoms with Crippen molar-refractivity contribution in [3.8, 4) is 5.69 Å². The van der Waals surface area contributed by atoms with Gasteiger partial charge < -0.3 is 15.8 Å². The molecule has 3 N–H and O–H groups in total. The van der Waals surface area contributed by atoms with Gasteiger partial charge in [-0.05, 0) is 43.2 Å². The molecule has 2 amide bonds. The van der Waals surface area contributed by atoms with Crippen molar-refractivity contribution in [2.24, 2.45) is 11.7 Å². The molecule has 0 saturated carbocycles. The second-order valence-corrected chi connectivity index (χ2v) is 7.24. The number of amides is 2. The number of nitrogens with one attached hydrogen (secondary N) is 1. The predicted octanol–water partition coefficient (Wildman–Crippen LogP) is 3.14. The second-order valence-electron chi connectivity index (χ2n) is 7.24. The molecule has 2 aromatic carbocycles. The van der Waals surface area contributed by atoms with Gasteiger partial charge >= 0.3 is 0 Å². The number of nitrogens with zero attached hydrogens (tertiary/aromatic N) is 2. The number of aromatic nitrogens is 2. The lowest BCUT2D eigenvalue weighted by molar-refractivity contribution is -0.121. The standard InChI is InChI=1S/C22H21FN4O3/c1-13-6-7-14(21(24)28)10-18(13)26-22(29)16-8-9-30-20(16)15-11-25-27(12-15)19-5-3-2-4-17(19)23/h2-7,10-12,16,20H,8-9H2,1H3,(H2,24,28)(H,26,29)/t16-,20+/m0/s1. The minimum atomic E-state index is -0.562. The summed E-state index contributed by atoms with van der Waals surface area (Å²) < 4.78 is 21.3. The fourth-order valence-corrected chi connectivity index (χ4v) is 3.57. The molecule has 1 aliphatic heterocycles. The molecule has 1 aliphatic rings. The highest BCUT2D eigenvalue weighted by molar-refractivity contribution is 5.97. The van der Waals surface area contributed by atoms with Crippen molar-refractivity contribution in [3.05, 3.63) is 77.4 Å². The molecule has 154 valence electrons. The first-order chi connectivity index (χ1) is 14.4. The molecule has 0 bridgehead atoms. The largest absolute Gasteiger partial charge is 0.373 e. The molecule has 3 aromatic rings. The van der Waals surface area contributed by atoms with Crippen molar-refractivity contribution in [3.63, 3.8) is 0 Å². The molecule has 2 atom stereocenters. The Balaban J connectivity index is 1.55. The van der Waals surface area contributed by atoms with Crippen molar-refractivity contribution in [1.82, 2.24) is 9.78 Å². The average molecular weight is 408 g/mol. The van der Waals surface area contributed by atoms with Crippen molar-refractivity contribution in [2.75, 3.05) is 11.9 Å². The van der Waals surface area contributed by atoms with E-state index in [0.29, 0.717) is 35.5 Å². The number of halogens is 1. The van der Waals surface area contributed by atoms with Gasteiger partial charge in [-0.2, -0.15) is 5.10 Å². The Labute approximate surface area is 172 Å². The molecule has 2 heterocycles. The zero-order chi connectivity index (χ0) is 21.3. The zero-order valence-electron chi connectivity index (χ0n) is 16.3. The van der Waals surface area contributed by atoms with Crippen LogP contribution in [0.25, 0.3) is 5.69 Å². The number of para-hydroxylation sites is 1. The summed E-state index contributed by atoms with van der Waals surface area (Å²) in [6, 6.07) is 11.2. The van der Waals surface area contributed by atoms with Crippen LogP contribution in [0.15, 0.2) is 54.9 Å². The van der Waals surface area contributed by atoms with Crippen LogP contribution in [0.1, 0.15) is 34.0 Å². The molecular formula is C22H21FN4O3. The molecule has 1 saturated heterocycles. The molecule has 0 unspecified atom stereocenters. The van der Waals surface area contributed by atoms with E-state index in [4.69, 9.17) is 10.5 Å². The molecule has 0 radical (unpaired) electrons. The Hall–Kier alpha value is -3.52. The number of carbonyl (C=O) groups excluding carboxylic acids is 2. The summed E-state index contributed by atoms with van der Waals surface area (Å²) in [4.78, 5) is 24.4. The topological polar surface area (TPSA) is 99.2 Å². The monoisotopic (exact) mass is 408 g/mol. The summed E-state index contributed by atoms with van der Waals surface area (Å²) in [6.45, 7) is 2.26. The van der Waals surface area contributed by atoms with E-state index in [1.54, 1.807) is 48.8 Å². The van der Waals surface area contributed by atoms with Crippen LogP contribution in [0.5, 0.6) is 0 Å². The Morgan fingerprint density at radius 1 is 1.27 bits per heavy atom. The molecule has 4 rings (SSSR count). The van der Waals surface area contributed by atoms with E-state index < -0.39 is 23.7 Å². The van der Waals surface area contributed by atoms with Crippen LogP contribution in [-0.4, -0.2) is 28.2 Å². The number of anilines is 1.